The number of ketones is 2. The van der Waals surface area contributed by atoms with E-state index in [0.29, 0.717) is 5.69 Å². The standard InChI is InChI=1S/C20H19NO3S/c1-9-3-5-11(6-4-9)20-21-17(10(2)25-20)16-18(22)14-12-7-8-13(24-12)15(14)19(16)23/h3-6,12-16H,7-8H2,1-2H3/t12?,13?,14-,15+,16?. The maximum absolute atomic E-state index is 13.0. The predicted octanol–water partition coefficient (Wildman–Crippen LogP) is 3.46. The Labute approximate surface area is 150 Å². The molecule has 1 aromatic heterocycles. The van der Waals surface area contributed by atoms with Crippen molar-refractivity contribution in [1.82, 2.24) is 4.98 Å². The van der Waals surface area contributed by atoms with Gasteiger partial charge in [-0.3, -0.25) is 9.59 Å². The fourth-order valence-corrected chi connectivity index (χ4v) is 5.65. The Morgan fingerprint density at radius 2 is 1.60 bits per heavy atom. The van der Waals surface area contributed by atoms with Crippen LogP contribution >= 0.6 is 11.3 Å². The van der Waals surface area contributed by atoms with Gasteiger partial charge in [-0.1, -0.05) is 29.8 Å². The van der Waals surface area contributed by atoms with Crippen molar-refractivity contribution >= 4 is 22.9 Å². The largest absolute Gasteiger partial charge is 0.373 e. The fourth-order valence-electron chi connectivity index (χ4n) is 4.69. The molecule has 1 saturated carbocycles. The third-order valence-corrected chi connectivity index (χ3v) is 6.94. The minimum absolute atomic E-state index is 0.0334. The Morgan fingerprint density at radius 3 is 2.20 bits per heavy atom. The van der Waals surface area contributed by atoms with E-state index in [-0.39, 0.29) is 35.6 Å². The zero-order chi connectivity index (χ0) is 17.3. The summed E-state index contributed by atoms with van der Waals surface area (Å²) < 4.78 is 5.82. The van der Waals surface area contributed by atoms with Gasteiger partial charge in [-0.2, -0.15) is 0 Å². The molecule has 2 aliphatic heterocycles. The molecule has 2 aromatic rings. The number of carbonyl (C=O) groups excluding carboxylic acids is 2. The van der Waals surface area contributed by atoms with Gasteiger partial charge in [-0.25, -0.2) is 4.98 Å². The number of nitrogens with zero attached hydrogens (tertiary/aromatic N) is 1. The molecule has 0 N–H and O–H groups in total. The zero-order valence-electron chi connectivity index (χ0n) is 14.2. The zero-order valence-corrected chi connectivity index (χ0v) is 15.0. The lowest BCUT2D eigenvalue weighted by atomic mass is 9.81. The summed E-state index contributed by atoms with van der Waals surface area (Å²) in [4.78, 5) is 31.7. The predicted molar refractivity (Wildman–Crippen MR) is 94.7 cm³/mol. The van der Waals surface area contributed by atoms with E-state index in [9.17, 15) is 9.59 Å². The number of thiazole rings is 1. The van der Waals surface area contributed by atoms with Gasteiger partial charge in [0.1, 0.15) is 10.9 Å². The fraction of sp³-hybridized carbons (Fsp3) is 0.450. The van der Waals surface area contributed by atoms with Crippen molar-refractivity contribution < 1.29 is 14.3 Å². The average Bonchev–Trinajstić information content (AvgIpc) is 3.33. The van der Waals surface area contributed by atoms with Gasteiger partial charge >= 0.3 is 0 Å². The monoisotopic (exact) mass is 353 g/mol. The number of hydrogen-bond donors (Lipinski definition) is 0. The highest BCUT2D eigenvalue weighted by atomic mass is 32.1. The molecule has 2 saturated heterocycles. The summed E-state index contributed by atoms with van der Waals surface area (Å²) in [7, 11) is 0. The summed E-state index contributed by atoms with van der Waals surface area (Å²) in [6, 6.07) is 8.19. The van der Waals surface area contributed by atoms with Gasteiger partial charge in [-0.15, -0.1) is 11.3 Å². The number of fused-ring (bicyclic) bond motifs is 5. The Hall–Kier alpha value is -1.85. The number of aromatic nitrogens is 1. The molecule has 3 aliphatic rings. The molecule has 3 heterocycles. The molecular weight excluding hydrogens is 334 g/mol. The highest BCUT2D eigenvalue weighted by Crippen LogP contribution is 2.52. The van der Waals surface area contributed by atoms with Crippen LogP contribution in [0.15, 0.2) is 24.3 Å². The lowest BCUT2D eigenvalue weighted by Gasteiger charge is -2.16. The molecule has 0 spiro atoms. The molecule has 1 aromatic carbocycles. The number of Topliss-reactive ketones (excluding diaryl/α,β-unsaturated/α-hetero) is 2. The van der Waals surface area contributed by atoms with Crippen molar-refractivity contribution in [1.29, 1.82) is 0 Å². The Balaban J connectivity index is 1.53. The van der Waals surface area contributed by atoms with E-state index < -0.39 is 5.92 Å². The van der Waals surface area contributed by atoms with Gasteiger partial charge in [0, 0.05) is 10.4 Å². The van der Waals surface area contributed by atoms with Crippen LogP contribution in [0.1, 0.15) is 34.9 Å². The third kappa shape index (κ3) is 2.12. The van der Waals surface area contributed by atoms with E-state index in [0.717, 1.165) is 28.3 Å². The van der Waals surface area contributed by atoms with Gasteiger partial charge < -0.3 is 4.74 Å². The lowest BCUT2D eigenvalue weighted by molar-refractivity contribution is -0.127. The normalized spacial score (nSPS) is 33.3. The van der Waals surface area contributed by atoms with Gasteiger partial charge in [0.25, 0.3) is 0 Å². The van der Waals surface area contributed by atoms with E-state index in [1.807, 2.05) is 26.0 Å². The molecule has 3 fully saturated rings. The summed E-state index contributed by atoms with van der Waals surface area (Å²) in [6.07, 6.45) is 1.71. The molecule has 5 heteroatoms. The average molecular weight is 353 g/mol. The summed E-state index contributed by atoms with van der Waals surface area (Å²) in [5, 5.41) is 0.879. The van der Waals surface area contributed by atoms with Crippen LogP contribution in [0.5, 0.6) is 0 Å². The second-order valence-corrected chi connectivity index (χ2v) is 8.61. The number of benzene rings is 1. The number of carbonyl (C=O) groups is 2. The summed E-state index contributed by atoms with van der Waals surface area (Å²) in [6.45, 7) is 4.01. The third-order valence-electron chi connectivity index (χ3n) is 5.90. The molecule has 1 aliphatic carbocycles. The number of ether oxygens (including phenoxy) is 1. The van der Waals surface area contributed by atoms with E-state index in [2.05, 4.69) is 12.1 Å². The molecule has 0 radical (unpaired) electrons. The van der Waals surface area contributed by atoms with Crippen molar-refractivity contribution in [2.24, 2.45) is 11.8 Å². The van der Waals surface area contributed by atoms with Crippen LogP contribution in [0.25, 0.3) is 10.6 Å². The second-order valence-electron chi connectivity index (χ2n) is 7.41. The quantitative estimate of drug-likeness (QED) is 0.776. The first kappa shape index (κ1) is 15.4. The second kappa shape index (κ2) is 5.32. The van der Waals surface area contributed by atoms with Crippen LogP contribution in [-0.4, -0.2) is 28.8 Å². The molecule has 4 nitrogen and oxygen atoms in total. The maximum Gasteiger partial charge on any atom is 0.155 e. The first-order chi connectivity index (χ1) is 12.0. The minimum atomic E-state index is -0.683. The van der Waals surface area contributed by atoms with Gasteiger partial charge in [0.2, 0.25) is 0 Å². The minimum Gasteiger partial charge on any atom is -0.373 e. The molecule has 5 rings (SSSR count). The van der Waals surface area contributed by atoms with E-state index in [1.54, 1.807) is 11.3 Å². The Bertz CT molecular complexity index is 857. The van der Waals surface area contributed by atoms with Crippen molar-refractivity contribution in [2.75, 3.05) is 0 Å². The van der Waals surface area contributed by atoms with Crippen molar-refractivity contribution in [3.63, 3.8) is 0 Å². The van der Waals surface area contributed by atoms with Crippen molar-refractivity contribution in [3.8, 4) is 10.6 Å². The number of rotatable bonds is 2. The molecular formula is C20H19NO3S. The first-order valence-electron chi connectivity index (χ1n) is 8.82. The molecule has 25 heavy (non-hydrogen) atoms. The van der Waals surface area contributed by atoms with Crippen LogP contribution in [0.3, 0.4) is 0 Å². The van der Waals surface area contributed by atoms with Crippen molar-refractivity contribution in [2.45, 2.75) is 44.8 Å². The van der Waals surface area contributed by atoms with Gasteiger partial charge in [-0.05, 0) is 26.7 Å². The van der Waals surface area contributed by atoms with E-state index in [4.69, 9.17) is 9.72 Å². The smallest absolute Gasteiger partial charge is 0.155 e. The van der Waals surface area contributed by atoms with Crippen LogP contribution in [0.2, 0.25) is 0 Å². The van der Waals surface area contributed by atoms with Crippen LogP contribution < -0.4 is 0 Å². The summed E-state index contributed by atoms with van der Waals surface area (Å²) in [5.74, 6) is -1.09. The highest BCUT2D eigenvalue weighted by molar-refractivity contribution is 7.15. The molecule has 128 valence electrons. The first-order valence-corrected chi connectivity index (χ1v) is 9.63. The topological polar surface area (TPSA) is 56.3 Å². The van der Waals surface area contributed by atoms with Crippen LogP contribution in [0.4, 0.5) is 0 Å². The van der Waals surface area contributed by atoms with Crippen molar-refractivity contribution in [3.05, 3.63) is 40.4 Å². The van der Waals surface area contributed by atoms with Gasteiger partial charge in [0.15, 0.2) is 11.6 Å². The highest BCUT2D eigenvalue weighted by Gasteiger charge is 2.63. The molecule has 5 atom stereocenters. The SMILES string of the molecule is Cc1ccc(-c2nc(C3C(=O)[C@@H]4C5CCC(O5)[C@@H]4C3=O)c(C)s2)cc1. The lowest BCUT2D eigenvalue weighted by Crippen LogP contribution is -2.29. The molecule has 3 unspecified atom stereocenters. The van der Waals surface area contributed by atoms with Crippen LogP contribution in [-0.2, 0) is 14.3 Å². The summed E-state index contributed by atoms with van der Waals surface area (Å²) >= 11 is 1.56. The van der Waals surface area contributed by atoms with Crippen LogP contribution in [0, 0.1) is 25.7 Å². The molecule has 2 bridgehead atoms. The summed E-state index contributed by atoms with van der Waals surface area (Å²) in [5.41, 5.74) is 2.90. The Morgan fingerprint density at radius 1 is 1.00 bits per heavy atom. The number of hydrogen-bond acceptors (Lipinski definition) is 5. The Kier molecular flexibility index (Phi) is 3.28. The van der Waals surface area contributed by atoms with Gasteiger partial charge in [0.05, 0.1) is 29.7 Å². The van der Waals surface area contributed by atoms with E-state index in [1.165, 1.54) is 5.56 Å². The van der Waals surface area contributed by atoms with E-state index >= 15 is 0 Å². The maximum atomic E-state index is 13.0. The molecule has 0 amide bonds. The number of aryl methyl sites for hydroxylation is 2.